The van der Waals surface area contributed by atoms with Crippen molar-refractivity contribution in [2.45, 2.75) is 13.5 Å². The lowest BCUT2D eigenvalue weighted by molar-refractivity contribution is 0.0996. The van der Waals surface area contributed by atoms with E-state index < -0.39 is 11.7 Å². The van der Waals surface area contributed by atoms with Crippen molar-refractivity contribution in [3.63, 3.8) is 0 Å². The first-order valence-corrected chi connectivity index (χ1v) is 6.85. The molecular weight excluding hydrogens is 323 g/mol. The van der Waals surface area contributed by atoms with Crippen molar-refractivity contribution in [2.75, 3.05) is 5.32 Å². The molecule has 0 aliphatic heterocycles. The van der Waals surface area contributed by atoms with E-state index in [2.05, 4.69) is 21.2 Å². The molecule has 0 saturated carbocycles. The highest BCUT2D eigenvalue weighted by molar-refractivity contribution is 9.10. The predicted molar refractivity (Wildman–Crippen MR) is 81.1 cm³/mol. The molecule has 2 aromatic rings. The molecule has 5 heteroatoms. The fourth-order valence-electron chi connectivity index (χ4n) is 1.82. The molecule has 3 nitrogen and oxygen atoms in total. The third kappa shape index (κ3) is 3.36. The van der Waals surface area contributed by atoms with Crippen molar-refractivity contribution < 1.29 is 9.18 Å². The first-order valence-electron chi connectivity index (χ1n) is 6.05. The summed E-state index contributed by atoms with van der Waals surface area (Å²) in [6.07, 6.45) is 0. The summed E-state index contributed by atoms with van der Waals surface area (Å²) in [5, 5.41) is 3.14. The molecule has 0 fully saturated rings. The lowest BCUT2D eigenvalue weighted by Gasteiger charge is -2.10. The number of nitrogens with one attached hydrogen (secondary N) is 1. The quantitative estimate of drug-likeness (QED) is 0.896. The first kappa shape index (κ1) is 14.5. The van der Waals surface area contributed by atoms with Gasteiger partial charge in [-0.25, -0.2) is 4.39 Å². The molecule has 3 N–H and O–H groups in total. The Kier molecular flexibility index (Phi) is 4.39. The van der Waals surface area contributed by atoms with Crippen LogP contribution in [0.1, 0.15) is 21.5 Å². The minimum absolute atomic E-state index is 0.113. The number of hydrogen-bond acceptors (Lipinski definition) is 2. The second kappa shape index (κ2) is 6.05. The van der Waals surface area contributed by atoms with Crippen molar-refractivity contribution >= 4 is 27.5 Å². The van der Waals surface area contributed by atoms with E-state index in [0.29, 0.717) is 12.2 Å². The van der Waals surface area contributed by atoms with Crippen LogP contribution in [0, 0.1) is 12.7 Å². The van der Waals surface area contributed by atoms with Gasteiger partial charge in [-0.1, -0.05) is 28.1 Å². The van der Waals surface area contributed by atoms with Crippen LogP contribution in [-0.2, 0) is 6.54 Å². The van der Waals surface area contributed by atoms with E-state index in [-0.39, 0.29) is 5.56 Å². The number of nitrogens with two attached hydrogens (primary N) is 1. The van der Waals surface area contributed by atoms with Gasteiger partial charge in [-0.2, -0.15) is 0 Å². The summed E-state index contributed by atoms with van der Waals surface area (Å²) in [6, 6.07) is 10.3. The van der Waals surface area contributed by atoms with Crippen molar-refractivity contribution in [1.29, 1.82) is 0 Å². The molecule has 20 heavy (non-hydrogen) atoms. The van der Waals surface area contributed by atoms with E-state index in [1.807, 2.05) is 25.1 Å². The minimum Gasteiger partial charge on any atom is -0.381 e. The Labute approximate surface area is 125 Å². The lowest BCUT2D eigenvalue weighted by atomic mass is 10.1. The lowest BCUT2D eigenvalue weighted by Crippen LogP contribution is -2.13. The smallest absolute Gasteiger partial charge is 0.251 e. The standard InChI is InChI=1S/C15H14BrFN2O/c1-9-2-3-10(13(16)6-9)8-19-11-4-5-14(17)12(7-11)15(18)20/h2-7,19H,8H2,1H3,(H2,18,20). The fourth-order valence-corrected chi connectivity index (χ4v) is 2.45. The van der Waals surface area contributed by atoms with E-state index in [0.717, 1.165) is 10.0 Å². The normalized spacial score (nSPS) is 10.3. The van der Waals surface area contributed by atoms with Crippen LogP contribution in [0.4, 0.5) is 10.1 Å². The molecule has 0 saturated heterocycles. The third-order valence-corrected chi connectivity index (χ3v) is 3.66. The first-order chi connectivity index (χ1) is 9.47. The largest absolute Gasteiger partial charge is 0.381 e. The topological polar surface area (TPSA) is 55.1 Å². The van der Waals surface area contributed by atoms with Gasteiger partial charge in [0.1, 0.15) is 5.82 Å². The molecule has 0 aliphatic rings. The van der Waals surface area contributed by atoms with Gasteiger partial charge in [0.15, 0.2) is 0 Å². The van der Waals surface area contributed by atoms with Crippen LogP contribution in [0.25, 0.3) is 0 Å². The van der Waals surface area contributed by atoms with Gasteiger partial charge in [0.05, 0.1) is 5.56 Å². The second-order valence-corrected chi connectivity index (χ2v) is 5.36. The van der Waals surface area contributed by atoms with Gasteiger partial charge >= 0.3 is 0 Å². The fraction of sp³-hybridized carbons (Fsp3) is 0.133. The van der Waals surface area contributed by atoms with Crippen LogP contribution in [0.5, 0.6) is 0 Å². The van der Waals surface area contributed by atoms with E-state index in [1.54, 1.807) is 6.07 Å². The molecular formula is C15H14BrFN2O. The van der Waals surface area contributed by atoms with E-state index in [9.17, 15) is 9.18 Å². The Bertz CT molecular complexity index is 658. The summed E-state index contributed by atoms with van der Waals surface area (Å²) in [7, 11) is 0. The molecule has 0 radical (unpaired) electrons. The summed E-state index contributed by atoms with van der Waals surface area (Å²) in [6.45, 7) is 2.58. The zero-order chi connectivity index (χ0) is 14.7. The average molecular weight is 337 g/mol. The molecule has 0 unspecified atom stereocenters. The van der Waals surface area contributed by atoms with Gasteiger partial charge < -0.3 is 11.1 Å². The van der Waals surface area contributed by atoms with Gasteiger partial charge in [0.25, 0.3) is 5.91 Å². The Morgan fingerprint density at radius 3 is 2.70 bits per heavy atom. The van der Waals surface area contributed by atoms with Crippen LogP contribution in [0.2, 0.25) is 0 Å². The summed E-state index contributed by atoms with van der Waals surface area (Å²) in [4.78, 5) is 11.1. The Hall–Kier alpha value is -1.88. The maximum absolute atomic E-state index is 13.4. The molecule has 0 spiro atoms. The predicted octanol–water partition coefficient (Wildman–Crippen LogP) is 3.61. The number of aryl methyl sites for hydroxylation is 1. The van der Waals surface area contributed by atoms with Crippen LogP contribution in [-0.4, -0.2) is 5.91 Å². The van der Waals surface area contributed by atoms with Crippen molar-refractivity contribution in [3.8, 4) is 0 Å². The van der Waals surface area contributed by atoms with Gasteiger partial charge in [-0.05, 0) is 42.3 Å². The highest BCUT2D eigenvalue weighted by Crippen LogP contribution is 2.20. The Balaban J connectivity index is 2.15. The second-order valence-electron chi connectivity index (χ2n) is 4.51. The Morgan fingerprint density at radius 2 is 2.05 bits per heavy atom. The average Bonchev–Trinajstić information content (AvgIpc) is 2.39. The molecule has 0 aromatic heterocycles. The van der Waals surface area contributed by atoms with Crippen LogP contribution in [0.15, 0.2) is 40.9 Å². The molecule has 1 amide bonds. The van der Waals surface area contributed by atoms with E-state index in [1.165, 1.54) is 17.7 Å². The summed E-state index contributed by atoms with van der Waals surface area (Å²) in [5.41, 5.74) is 7.89. The monoisotopic (exact) mass is 336 g/mol. The molecule has 0 aliphatic carbocycles. The maximum Gasteiger partial charge on any atom is 0.251 e. The zero-order valence-electron chi connectivity index (χ0n) is 10.9. The highest BCUT2D eigenvalue weighted by Gasteiger charge is 2.09. The summed E-state index contributed by atoms with van der Waals surface area (Å²) >= 11 is 3.50. The number of primary amides is 1. The number of hydrogen-bond donors (Lipinski definition) is 2. The van der Waals surface area contributed by atoms with E-state index in [4.69, 9.17) is 5.73 Å². The number of halogens is 2. The summed E-state index contributed by atoms with van der Waals surface area (Å²) < 4.78 is 14.4. The van der Waals surface area contributed by atoms with Crippen LogP contribution in [0.3, 0.4) is 0 Å². The van der Waals surface area contributed by atoms with Gasteiger partial charge in [0, 0.05) is 16.7 Å². The molecule has 0 bridgehead atoms. The summed E-state index contributed by atoms with van der Waals surface area (Å²) in [5.74, 6) is -1.39. The van der Waals surface area contributed by atoms with Crippen molar-refractivity contribution in [3.05, 3.63) is 63.4 Å². The maximum atomic E-state index is 13.4. The van der Waals surface area contributed by atoms with Crippen LogP contribution < -0.4 is 11.1 Å². The van der Waals surface area contributed by atoms with Crippen molar-refractivity contribution in [1.82, 2.24) is 0 Å². The Morgan fingerprint density at radius 1 is 1.30 bits per heavy atom. The molecule has 104 valence electrons. The molecule has 2 aromatic carbocycles. The van der Waals surface area contributed by atoms with Crippen LogP contribution >= 0.6 is 15.9 Å². The number of benzene rings is 2. The molecule has 2 rings (SSSR count). The SMILES string of the molecule is Cc1ccc(CNc2ccc(F)c(C(N)=O)c2)c(Br)c1. The number of carbonyl (C=O) groups is 1. The van der Waals surface area contributed by atoms with Gasteiger partial charge in [0.2, 0.25) is 0 Å². The number of carbonyl (C=O) groups excluding carboxylic acids is 1. The van der Waals surface area contributed by atoms with Crippen molar-refractivity contribution in [2.24, 2.45) is 5.73 Å². The number of rotatable bonds is 4. The van der Waals surface area contributed by atoms with Gasteiger partial charge in [-0.15, -0.1) is 0 Å². The third-order valence-electron chi connectivity index (χ3n) is 2.92. The molecule has 0 atom stereocenters. The van der Waals surface area contributed by atoms with E-state index >= 15 is 0 Å². The zero-order valence-corrected chi connectivity index (χ0v) is 12.5. The minimum atomic E-state index is -0.775. The molecule has 0 heterocycles. The number of anilines is 1. The van der Waals surface area contributed by atoms with Gasteiger partial charge in [-0.3, -0.25) is 4.79 Å². The number of amides is 1. The highest BCUT2D eigenvalue weighted by atomic mass is 79.9.